The largest absolute Gasteiger partial charge is 0.357 e. The van der Waals surface area contributed by atoms with Gasteiger partial charge in [-0.2, -0.15) is 0 Å². The van der Waals surface area contributed by atoms with Crippen LogP contribution in [0.15, 0.2) is 11.1 Å². The van der Waals surface area contributed by atoms with Crippen LogP contribution in [0.2, 0.25) is 10.2 Å². The maximum Gasteiger partial charge on any atom is 0.211 e. The summed E-state index contributed by atoms with van der Waals surface area (Å²) in [7, 11) is -1.26. The summed E-state index contributed by atoms with van der Waals surface area (Å²) in [6.45, 7) is 4.98. The molecule has 1 atom stereocenters. The number of nitrogens with zero attached hydrogens (tertiary/aromatic N) is 3. The second-order valence-corrected chi connectivity index (χ2v) is 8.93. The molecule has 1 aromatic rings. The first-order valence-electron chi connectivity index (χ1n) is 8.19. The van der Waals surface area contributed by atoms with Crippen molar-refractivity contribution in [1.82, 2.24) is 19.5 Å². The molecule has 1 aliphatic heterocycles. The first-order chi connectivity index (χ1) is 11.7. The number of halogens is 2. The van der Waals surface area contributed by atoms with Gasteiger partial charge < -0.3 is 15.2 Å². The molecule has 2 heterocycles. The quantitative estimate of drug-likeness (QED) is 0.553. The second-order valence-electron chi connectivity index (χ2n) is 6.19. The van der Waals surface area contributed by atoms with Crippen LogP contribution < -0.4 is 10.6 Å². The van der Waals surface area contributed by atoms with Crippen molar-refractivity contribution in [1.29, 1.82) is 0 Å². The molecule has 25 heavy (non-hydrogen) atoms. The Bertz CT molecular complexity index is 733. The van der Waals surface area contributed by atoms with Gasteiger partial charge in [-0.25, -0.2) is 17.7 Å². The summed E-state index contributed by atoms with van der Waals surface area (Å²) in [5.74, 6) is 0.964. The summed E-state index contributed by atoms with van der Waals surface area (Å²) in [6.07, 6.45) is 2.10. The molecule has 1 unspecified atom stereocenters. The molecule has 10 heteroatoms. The van der Waals surface area contributed by atoms with E-state index in [1.807, 2.05) is 14.0 Å². The van der Waals surface area contributed by atoms with Crippen LogP contribution in [0.25, 0.3) is 0 Å². The Kier molecular flexibility index (Phi) is 7.01. The third-order valence-corrected chi connectivity index (χ3v) is 6.35. The monoisotopic (exact) mass is 409 g/mol. The molecule has 7 nitrogen and oxygen atoms in total. The van der Waals surface area contributed by atoms with E-state index in [9.17, 15) is 8.42 Å². The van der Waals surface area contributed by atoms with Crippen molar-refractivity contribution < 1.29 is 8.42 Å². The first kappa shape index (κ1) is 20.4. The van der Waals surface area contributed by atoms with E-state index < -0.39 is 10.0 Å². The highest BCUT2D eigenvalue weighted by atomic mass is 35.5. The average Bonchev–Trinajstić information content (AvgIpc) is 3.11. The summed E-state index contributed by atoms with van der Waals surface area (Å²) in [5.41, 5.74) is 0.913. The van der Waals surface area contributed by atoms with Gasteiger partial charge in [0.2, 0.25) is 10.0 Å². The van der Waals surface area contributed by atoms with Crippen LogP contribution in [-0.4, -0.2) is 55.7 Å². The molecule has 2 N–H and O–H groups in total. The fourth-order valence-corrected chi connectivity index (χ4v) is 4.08. The highest BCUT2D eigenvalue weighted by Crippen LogP contribution is 2.25. The molecule has 0 radical (unpaired) electrons. The lowest BCUT2D eigenvalue weighted by Gasteiger charge is -2.16. The lowest BCUT2D eigenvalue weighted by Crippen LogP contribution is -2.40. The Morgan fingerprint density at radius 1 is 1.40 bits per heavy atom. The molecule has 1 fully saturated rings. The van der Waals surface area contributed by atoms with Crippen molar-refractivity contribution in [3.8, 4) is 0 Å². The molecule has 0 bridgehead atoms. The zero-order chi connectivity index (χ0) is 18.6. The molecular weight excluding hydrogens is 385 g/mol. The predicted octanol–water partition coefficient (Wildman–Crippen LogP) is 1.67. The topological polar surface area (TPSA) is 78.7 Å². The van der Waals surface area contributed by atoms with Gasteiger partial charge in [0.15, 0.2) is 5.96 Å². The van der Waals surface area contributed by atoms with Crippen LogP contribution in [0.1, 0.15) is 19.0 Å². The van der Waals surface area contributed by atoms with Gasteiger partial charge in [-0.05, 0) is 25.3 Å². The smallest absolute Gasteiger partial charge is 0.211 e. The van der Waals surface area contributed by atoms with Gasteiger partial charge in [0.25, 0.3) is 0 Å². The molecule has 1 aliphatic rings. The highest BCUT2D eigenvalue weighted by molar-refractivity contribution is 7.88. The fraction of sp³-hybridized carbons (Fsp3) is 0.667. The summed E-state index contributed by atoms with van der Waals surface area (Å²) in [5, 5.41) is 7.49. The number of aromatic nitrogens is 1. The van der Waals surface area contributed by atoms with Crippen molar-refractivity contribution in [3.63, 3.8) is 0 Å². The Morgan fingerprint density at radius 2 is 2.12 bits per heavy atom. The van der Waals surface area contributed by atoms with Crippen LogP contribution >= 0.6 is 23.2 Å². The standard InChI is InChI=1S/C15H25Cl2N5O2S/c1-4-18-15(20-9-12-7-13(16)14(17)21(12)2)19-8-11-5-6-22(10-11)25(3,23)24/h7,11H,4-6,8-10H2,1-3H3,(H2,18,19,20). The molecular formula is C15H25Cl2N5O2S. The minimum Gasteiger partial charge on any atom is -0.357 e. The third kappa shape index (κ3) is 5.51. The zero-order valence-electron chi connectivity index (χ0n) is 14.7. The molecule has 142 valence electrons. The number of sulfonamides is 1. The lowest BCUT2D eigenvalue weighted by atomic mass is 10.1. The normalized spacial score (nSPS) is 19.4. The number of rotatable bonds is 6. The maximum atomic E-state index is 11.6. The van der Waals surface area contributed by atoms with Gasteiger partial charge in [-0.3, -0.25) is 0 Å². The van der Waals surface area contributed by atoms with Gasteiger partial charge in [0.05, 0.1) is 17.8 Å². The van der Waals surface area contributed by atoms with Crippen LogP contribution in [-0.2, 0) is 23.6 Å². The van der Waals surface area contributed by atoms with E-state index in [0.717, 1.165) is 18.7 Å². The summed E-state index contributed by atoms with van der Waals surface area (Å²) in [4.78, 5) is 4.55. The van der Waals surface area contributed by atoms with E-state index in [4.69, 9.17) is 23.2 Å². The molecule has 0 amide bonds. The highest BCUT2D eigenvalue weighted by Gasteiger charge is 2.28. The fourth-order valence-electron chi connectivity index (χ4n) is 2.75. The van der Waals surface area contributed by atoms with Gasteiger partial charge >= 0.3 is 0 Å². The van der Waals surface area contributed by atoms with E-state index in [1.54, 1.807) is 10.6 Å². The number of aliphatic imine (C=N–C) groups is 1. The SMILES string of the molecule is CCNC(=NCc1cc(Cl)c(Cl)n1C)NCC1CCN(S(C)(=O)=O)C1. The van der Waals surface area contributed by atoms with E-state index in [1.165, 1.54) is 10.6 Å². The van der Waals surface area contributed by atoms with Crippen molar-refractivity contribution in [2.75, 3.05) is 32.4 Å². The van der Waals surface area contributed by atoms with Crippen LogP contribution in [0, 0.1) is 5.92 Å². The summed E-state index contributed by atoms with van der Waals surface area (Å²) in [6, 6.07) is 1.80. The molecule has 2 rings (SSSR count). The second kappa shape index (κ2) is 8.62. The molecule has 0 aromatic carbocycles. The van der Waals surface area contributed by atoms with Gasteiger partial charge in [0.1, 0.15) is 5.15 Å². The third-order valence-electron chi connectivity index (χ3n) is 4.23. The van der Waals surface area contributed by atoms with E-state index >= 15 is 0 Å². The molecule has 0 spiro atoms. The summed E-state index contributed by atoms with van der Waals surface area (Å²) < 4.78 is 26.5. The van der Waals surface area contributed by atoms with Crippen molar-refractivity contribution >= 4 is 39.2 Å². The van der Waals surface area contributed by atoms with E-state index in [0.29, 0.717) is 42.3 Å². The lowest BCUT2D eigenvalue weighted by molar-refractivity contribution is 0.459. The minimum atomic E-state index is -3.11. The van der Waals surface area contributed by atoms with Crippen molar-refractivity contribution in [3.05, 3.63) is 21.9 Å². The molecule has 0 aliphatic carbocycles. The van der Waals surface area contributed by atoms with Gasteiger partial charge in [-0.15, -0.1) is 0 Å². The van der Waals surface area contributed by atoms with Crippen molar-refractivity contribution in [2.24, 2.45) is 18.0 Å². The number of guanidine groups is 1. The number of hydrogen-bond donors (Lipinski definition) is 2. The van der Waals surface area contributed by atoms with Gasteiger partial charge in [-0.1, -0.05) is 23.2 Å². The Morgan fingerprint density at radius 3 is 2.64 bits per heavy atom. The minimum absolute atomic E-state index is 0.275. The Balaban J connectivity index is 1.93. The predicted molar refractivity (Wildman–Crippen MR) is 103 cm³/mol. The van der Waals surface area contributed by atoms with E-state index in [-0.39, 0.29) is 5.92 Å². The maximum absolute atomic E-state index is 11.6. The molecule has 1 saturated heterocycles. The zero-order valence-corrected chi connectivity index (χ0v) is 17.0. The van der Waals surface area contributed by atoms with E-state index in [2.05, 4.69) is 15.6 Å². The Hall–Kier alpha value is -0.960. The Labute approximate surface area is 159 Å². The summed E-state index contributed by atoms with van der Waals surface area (Å²) >= 11 is 12.1. The van der Waals surface area contributed by atoms with Gasteiger partial charge in [0, 0.05) is 38.9 Å². The first-order valence-corrected chi connectivity index (χ1v) is 10.8. The van der Waals surface area contributed by atoms with Crippen molar-refractivity contribution in [2.45, 2.75) is 19.9 Å². The van der Waals surface area contributed by atoms with Crippen LogP contribution in [0.3, 0.4) is 0 Å². The van der Waals surface area contributed by atoms with Crippen LogP contribution in [0.5, 0.6) is 0 Å². The average molecular weight is 410 g/mol. The molecule has 0 saturated carbocycles. The number of nitrogens with one attached hydrogen (secondary N) is 2. The molecule has 1 aromatic heterocycles. The number of hydrogen-bond acceptors (Lipinski definition) is 3. The van der Waals surface area contributed by atoms with Crippen LogP contribution in [0.4, 0.5) is 0 Å².